The number of anilines is 1. The van der Waals surface area contributed by atoms with Crippen LogP contribution in [0.15, 0.2) is 34.4 Å². The Morgan fingerprint density at radius 1 is 1.22 bits per heavy atom. The molecule has 1 amide bonds. The summed E-state index contributed by atoms with van der Waals surface area (Å²) in [5.74, 6) is -3.21. The molecule has 11 nitrogen and oxygen atoms in total. The normalized spacial score (nSPS) is 22.2. The number of pyridine rings is 1. The summed E-state index contributed by atoms with van der Waals surface area (Å²) in [6.45, 7) is 1.60. The first-order valence-electron chi connectivity index (χ1n) is 10.5. The van der Waals surface area contributed by atoms with Crippen molar-refractivity contribution in [1.29, 1.82) is 0 Å². The number of aliphatic hydroxyl groups is 1. The molecule has 0 bridgehead atoms. The fourth-order valence-electron chi connectivity index (χ4n) is 3.89. The number of nitrogens with zero attached hydrogens (tertiary/aromatic N) is 3. The first kappa shape index (κ1) is 27.1. The first-order chi connectivity index (χ1) is 17.2. The van der Waals surface area contributed by atoms with E-state index in [1.165, 1.54) is 0 Å². The van der Waals surface area contributed by atoms with E-state index in [-0.39, 0.29) is 40.2 Å². The van der Waals surface area contributed by atoms with E-state index in [9.17, 15) is 37.0 Å². The summed E-state index contributed by atoms with van der Waals surface area (Å²) in [7, 11) is -4.26. The molecule has 1 aliphatic heterocycles. The predicted octanol–water partition coefficient (Wildman–Crippen LogP) is 3.00. The monoisotopic (exact) mass is 578 g/mol. The van der Waals surface area contributed by atoms with Crippen molar-refractivity contribution in [1.82, 2.24) is 9.71 Å². The Morgan fingerprint density at radius 2 is 1.84 bits per heavy atom. The maximum absolute atomic E-state index is 13.1. The van der Waals surface area contributed by atoms with E-state index in [0.717, 1.165) is 24.4 Å². The van der Waals surface area contributed by atoms with Crippen LogP contribution in [0.4, 0.5) is 14.5 Å². The van der Waals surface area contributed by atoms with Crippen molar-refractivity contribution in [2.45, 2.75) is 49.2 Å². The van der Waals surface area contributed by atoms with Gasteiger partial charge in [0.1, 0.15) is 4.90 Å². The highest BCUT2D eigenvalue weighted by atomic mass is 35.5. The molecule has 0 atom stereocenters. The number of aliphatic hydroxyl groups excluding tert-OH is 1. The number of sulfonamides is 1. The molecule has 0 saturated heterocycles. The van der Waals surface area contributed by atoms with Gasteiger partial charge in [-0.3, -0.25) is 9.59 Å². The highest BCUT2D eigenvalue weighted by Gasteiger charge is 2.43. The molecule has 2 aliphatic rings. The quantitative estimate of drug-likeness (QED) is 0.423. The molecule has 16 heteroatoms. The van der Waals surface area contributed by atoms with Gasteiger partial charge >= 0.3 is 0 Å². The van der Waals surface area contributed by atoms with Gasteiger partial charge in [0.2, 0.25) is 15.9 Å². The van der Waals surface area contributed by atoms with Crippen LogP contribution in [0.2, 0.25) is 10.0 Å². The van der Waals surface area contributed by atoms with Gasteiger partial charge in [-0.05, 0) is 31.9 Å². The average Bonchev–Trinajstić information content (AvgIpc) is 2.75. The van der Waals surface area contributed by atoms with Crippen molar-refractivity contribution in [2.75, 3.05) is 5.01 Å². The number of alkyl halides is 2. The molecule has 1 aromatic heterocycles. The topological polar surface area (TPSA) is 158 Å². The van der Waals surface area contributed by atoms with Crippen LogP contribution in [0.1, 0.15) is 26.2 Å². The van der Waals surface area contributed by atoms with Crippen molar-refractivity contribution >= 4 is 56.3 Å². The van der Waals surface area contributed by atoms with Crippen molar-refractivity contribution in [2.24, 2.45) is 5.10 Å². The smallest absolute Gasteiger partial charge is 0.285 e. The lowest BCUT2D eigenvalue weighted by Crippen LogP contribution is -2.57. The van der Waals surface area contributed by atoms with E-state index < -0.39 is 62.6 Å². The number of hydrogen-bond acceptors (Lipinski definition) is 9. The Bertz CT molecular complexity index is 1410. The fourth-order valence-corrected chi connectivity index (χ4v) is 5.95. The van der Waals surface area contributed by atoms with Gasteiger partial charge in [0.25, 0.3) is 12.3 Å². The number of halogens is 4. The molecule has 0 radical (unpaired) electrons. The lowest BCUT2D eigenvalue weighted by Gasteiger charge is -2.42. The number of carbonyl (C=O) groups is 2. The number of nitrogens with one attached hydrogen (secondary N) is 1. The number of ketones is 1. The second kappa shape index (κ2) is 9.76. The van der Waals surface area contributed by atoms with Crippen LogP contribution in [0, 0.1) is 0 Å². The van der Waals surface area contributed by atoms with Crippen molar-refractivity contribution < 1.29 is 41.7 Å². The number of ether oxygens (including phenoxy) is 1. The van der Waals surface area contributed by atoms with Crippen LogP contribution >= 0.6 is 23.2 Å². The SMILES string of the molecule is CC1(NS(=O)(=O)c2cc(Oc3c(Cl)cc(N4N=C(C(F)F)C(=O)CC4=O)cc3Cl)ncc2O)CC(O)C1. The molecule has 1 aliphatic carbocycles. The van der Waals surface area contributed by atoms with E-state index in [2.05, 4.69) is 14.8 Å². The third-order valence-corrected chi connectivity index (χ3v) is 7.78. The van der Waals surface area contributed by atoms with Crippen molar-refractivity contribution in [3.05, 3.63) is 34.4 Å². The number of hydrazone groups is 1. The summed E-state index contributed by atoms with van der Waals surface area (Å²) < 4.78 is 59.8. The molecule has 198 valence electrons. The third-order valence-electron chi connectivity index (χ3n) is 5.55. The van der Waals surface area contributed by atoms with Gasteiger partial charge in [-0.25, -0.2) is 26.9 Å². The second-order valence-corrected chi connectivity index (χ2v) is 11.1. The maximum Gasteiger partial charge on any atom is 0.285 e. The molecule has 4 rings (SSSR count). The highest BCUT2D eigenvalue weighted by molar-refractivity contribution is 7.89. The van der Waals surface area contributed by atoms with E-state index >= 15 is 0 Å². The van der Waals surface area contributed by atoms with Gasteiger partial charge in [0, 0.05) is 11.6 Å². The minimum Gasteiger partial charge on any atom is -0.505 e. The van der Waals surface area contributed by atoms with Crippen LogP contribution in [0.25, 0.3) is 0 Å². The number of aromatic nitrogens is 1. The molecule has 1 saturated carbocycles. The first-order valence-corrected chi connectivity index (χ1v) is 12.7. The molecular formula is C21H18Cl2F2N4O7S. The Morgan fingerprint density at radius 3 is 2.41 bits per heavy atom. The molecule has 3 N–H and O–H groups in total. The zero-order valence-electron chi connectivity index (χ0n) is 18.8. The summed E-state index contributed by atoms with van der Waals surface area (Å²) in [6, 6.07) is 3.16. The summed E-state index contributed by atoms with van der Waals surface area (Å²) in [6.07, 6.45) is -3.45. The van der Waals surface area contributed by atoms with Crippen LogP contribution in [-0.2, 0) is 19.6 Å². The zero-order chi connectivity index (χ0) is 27.3. The number of aromatic hydroxyl groups is 1. The number of amides is 1. The molecule has 37 heavy (non-hydrogen) atoms. The van der Waals surface area contributed by atoms with Gasteiger partial charge in [0.15, 0.2) is 23.0 Å². The maximum atomic E-state index is 13.1. The zero-order valence-corrected chi connectivity index (χ0v) is 21.1. The summed E-state index contributed by atoms with van der Waals surface area (Å²) in [5.41, 5.74) is -2.12. The Labute approximate surface area is 218 Å². The molecule has 2 heterocycles. The number of rotatable bonds is 7. The lowest BCUT2D eigenvalue weighted by molar-refractivity contribution is -0.124. The second-order valence-electron chi connectivity index (χ2n) is 8.65. The van der Waals surface area contributed by atoms with E-state index in [1.54, 1.807) is 6.92 Å². The minimum atomic E-state index is -4.26. The molecular weight excluding hydrogens is 561 g/mol. The fraction of sp³-hybridized carbons (Fsp3) is 0.333. The van der Waals surface area contributed by atoms with Crippen LogP contribution in [0.5, 0.6) is 17.4 Å². The summed E-state index contributed by atoms with van der Waals surface area (Å²) in [4.78, 5) is 27.1. The van der Waals surface area contributed by atoms with Crippen LogP contribution in [-0.4, -0.2) is 59.1 Å². The minimum absolute atomic E-state index is 0.125. The number of hydrogen-bond donors (Lipinski definition) is 3. The van der Waals surface area contributed by atoms with Gasteiger partial charge in [-0.1, -0.05) is 23.2 Å². The summed E-state index contributed by atoms with van der Waals surface area (Å²) in [5, 5.41) is 23.1. The van der Waals surface area contributed by atoms with Gasteiger partial charge in [-0.2, -0.15) is 10.1 Å². The Balaban J connectivity index is 1.62. The van der Waals surface area contributed by atoms with E-state index in [0.29, 0.717) is 5.01 Å². The molecule has 0 unspecified atom stereocenters. The number of Topliss-reactive ketones (excluding diaryl/α,β-unsaturated/α-hetero) is 1. The van der Waals surface area contributed by atoms with Gasteiger partial charge < -0.3 is 14.9 Å². The van der Waals surface area contributed by atoms with Crippen molar-refractivity contribution in [3.63, 3.8) is 0 Å². The Hall–Kier alpha value is -2.91. The number of benzene rings is 1. The molecule has 0 spiro atoms. The van der Waals surface area contributed by atoms with E-state index in [4.69, 9.17) is 27.9 Å². The predicted molar refractivity (Wildman–Crippen MR) is 127 cm³/mol. The summed E-state index contributed by atoms with van der Waals surface area (Å²) >= 11 is 12.4. The average molecular weight is 579 g/mol. The third kappa shape index (κ3) is 5.52. The molecule has 1 fully saturated rings. The standard InChI is InChI=1S/C21H18Cl2F2N4O7S/c1-21(6-10(30)7-21)28-37(34,35)15-5-16(26-8-14(15)32)36-19-11(22)2-9(3-12(19)23)29-17(33)4-13(31)18(27-29)20(24)25/h2-3,5,8,10,20,28,30,32H,4,6-7H2,1H3. The van der Waals surface area contributed by atoms with Crippen LogP contribution < -0.4 is 14.5 Å². The Kier molecular flexibility index (Phi) is 7.16. The van der Waals surface area contributed by atoms with Crippen LogP contribution in [0.3, 0.4) is 0 Å². The number of carbonyl (C=O) groups excluding carboxylic acids is 2. The van der Waals surface area contributed by atoms with Crippen molar-refractivity contribution in [3.8, 4) is 17.4 Å². The molecule has 1 aromatic carbocycles. The van der Waals surface area contributed by atoms with Gasteiger partial charge in [0.05, 0.1) is 34.5 Å². The van der Waals surface area contributed by atoms with E-state index in [1.807, 2.05) is 0 Å². The molecule has 2 aromatic rings. The lowest BCUT2D eigenvalue weighted by atomic mass is 9.77. The van der Waals surface area contributed by atoms with Gasteiger partial charge in [-0.15, -0.1) is 0 Å². The highest BCUT2D eigenvalue weighted by Crippen LogP contribution is 2.41. The largest absolute Gasteiger partial charge is 0.505 e.